The van der Waals surface area contributed by atoms with Gasteiger partial charge in [-0.2, -0.15) is 0 Å². The third-order valence-electron chi connectivity index (χ3n) is 3.89. The summed E-state index contributed by atoms with van der Waals surface area (Å²) >= 11 is 0. The predicted octanol–water partition coefficient (Wildman–Crippen LogP) is 2.87. The molecule has 0 unspecified atom stereocenters. The largest absolute Gasteiger partial charge is 0.457 e. The molecule has 2 aromatic rings. The molecule has 1 saturated carbocycles. The Kier molecular flexibility index (Phi) is 4.06. The Balaban J connectivity index is 1.58. The second-order valence-electron chi connectivity index (χ2n) is 5.53. The van der Waals surface area contributed by atoms with E-state index in [1.165, 1.54) is 6.08 Å². The molecule has 1 aromatic carbocycles. The fraction of sp³-hybridized carbons (Fsp3) is 0.353. The topological polar surface area (TPSA) is 62.5 Å². The van der Waals surface area contributed by atoms with E-state index in [4.69, 9.17) is 4.42 Å². The van der Waals surface area contributed by atoms with Gasteiger partial charge in [0.05, 0.1) is 6.10 Å². The maximum Gasteiger partial charge on any atom is 0.244 e. The van der Waals surface area contributed by atoms with Crippen LogP contribution in [0, 0.1) is 0 Å². The second kappa shape index (κ2) is 6.14. The molecule has 4 heteroatoms. The van der Waals surface area contributed by atoms with Gasteiger partial charge in [-0.05, 0) is 43.9 Å². The number of amides is 1. The molecule has 4 nitrogen and oxygen atoms in total. The van der Waals surface area contributed by atoms with Crippen LogP contribution in [0.15, 0.2) is 40.8 Å². The van der Waals surface area contributed by atoms with Crippen molar-refractivity contribution in [1.29, 1.82) is 0 Å². The Morgan fingerprint density at radius 1 is 1.24 bits per heavy atom. The summed E-state index contributed by atoms with van der Waals surface area (Å²) in [6, 6.07) is 9.83. The van der Waals surface area contributed by atoms with Gasteiger partial charge in [-0.1, -0.05) is 18.2 Å². The van der Waals surface area contributed by atoms with Crippen LogP contribution in [0.25, 0.3) is 17.0 Å². The monoisotopic (exact) mass is 285 g/mol. The highest BCUT2D eigenvalue weighted by Gasteiger charge is 2.19. The Bertz CT molecular complexity index is 618. The number of carbonyl (C=O) groups excluding carboxylic acids is 1. The number of hydrogen-bond acceptors (Lipinski definition) is 3. The van der Waals surface area contributed by atoms with Crippen molar-refractivity contribution in [2.24, 2.45) is 0 Å². The predicted molar refractivity (Wildman–Crippen MR) is 81.7 cm³/mol. The lowest BCUT2D eigenvalue weighted by molar-refractivity contribution is -0.117. The molecule has 21 heavy (non-hydrogen) atoms. The molecule has 0 atom stereocenters. The highest BCUT2D eigenvalue weighted by atomic mass is 16.3. The highest BCUT2D eigenvalue weighted by molar-refractivity contribution is 5.92. The first-order valence-corrected chi connectivity index (χ1v) is 7.36. The number of furan rings is 1. The van der Waals surface area contributed by atoms with E-state index in [0.29, 0.717) is 5.76 Å². The van der Waals surface area contributed by atoms with Crippen LogP contribution in [0.2, 0.25) is 0 Å². The van der Waals surface area contributed by atoms with E-state index < -0.39 is 0 Å². The second-order valence-corrected chi connectivity index (χ2v) is 5.53. The Labute approximate surface area is 123 Å². The van der Waals surface area contributed by atoms with Crippen molar-refractivity contribution in [2.75, 3.05) is 0 Å². The third-order valence-corrected chi connectivity index (χ3v) is 3.89. The van der Waals surface area contributed by atoms with Gasteiger partial charge in [-0.25, -0.2) is 0 Å². The molecular weight excluding hydrogens is 266 g/mol. The number of carbonyl (C=O) groups is 1. The summed E-state index contributed by atoms with van der Waals surface area (Å²) in [6.45, 7) is 0. The highest BCUT2D eigenvalue weighted by Crippen LogP contribution is 2.20. The van der Waals surface area contributed by atoms with Crippen LogP contribution in [-0.2, 0) is 4.79 Å². The number of aliphatic hydroxyl groups excluding tert-OH is 1. The molecule has 1 heterocycles. The van der Waals surface area contributed by atoms with E-state index in [2.05, 4.69) is 5.32 Å². The zero-order valence-corrected chi connectivity index (χ0v) is 11.8. The first-order chi connectivity index (χ1) is 10.2. The van der Waals surface area contributed by atoms with E-state index in [1.807, 2.05) is 30.3 Å². The van der Waals surface area contributed by atoms with E-state index in [1.54, 1.807) is 6.08 Å². The van der Waals surface area contributed by atoms with Crippen molar-refractivity contribution < 1.29 is 14.3 Å². The number of hydrogen-bond donors (Lipinski definition) is 2. The average Bonchev–Trinajstić information content (AvgIpc) is 2.90. The number of nitrogens with one attached hydrogen (secondary N) is 1. The van der Waals surface area contributed by atoms with E-state index in [-0.39, 0.29) is 18.1 Å². The van der Waals surface area contributed by atoms with Gasteiger partial charge in [0.15, 0.2) is 0 Å². The molecule has 2 N–H and O–H groups in total. The molecular formula is C17H19NO3. The van der Waals surface area contributed by atoms with Gasteiger partial charge in [0.2, 0.25) is 5.91 Å². The minimum Gasteiger partial charge on any atom is -0.457 e. The molecule has 3 rings (SSSR count). The number of aliphatic hydroxyl groups is 1. The molecule has 1 aromatic heterocycles. The first-order valence-electron chi connectivity index (χ1n) is 7.36. The number of para-hydroxylation sites is 1. The molecule has 1 fully saturated rings. The Morgan fingerprint density at radius 3 is 2.76 bits per heavy atom. The molecule has 1 aliphatic carbocycles. The Hall–Kier alpha value is -2.07. The minimum absolute atomic E-state index is 0.114. The molecule has 0 radical (unpaired) electrons. The summed E-state index contributed by atoms with van der Waals surface area (Å²) in [4.78, 5) is 11.9. The van der Waals surface area contributed by atoms with Crippen LogP contribution in [0.5, 0.6) is 0 Å². The summed E-state index contributed by atoms with van der Waals surface area (Å²) in [5.41, 5.74) is 0.818. The fourth-order valence-electron chi connectivity index (χ4n) is 2.71. The summed E-state index contributed by atoms with van der Waals surface area (Å²) in [7, 11) is 0. The average molecular weight is 285 g/mol. The number of fused-ring (bicyclic) bond motifs is 1. The van der Waals surface area contributed by atoms with Crippen molar-refractivity contribution in [3.8, 4) is 0 Å². The minimum atomic E-state index is -0.204. The summed E-state index contributed by atoms with van der Waals surface area (Å²) < 4.78 is 5.62. The van der Waals surface area contributed by atoms with Gasteiger partial charge in [-0.3, -0.25) is 4.79 Å². The molecule has 1 amide bonds. The summed E-state index contributed by atoms with van der Waals surface area (Å²) in [6.07, 6.45) is 6.19. The maximum atomic E-state index is 11.9. The molecule has 0 bridgehead atoms. The van der Waals surface area contributed by atoms with Crippen LogP contribution in [-0.4, -0.2) is 23.2 Å². The lowest BCUT2D eigenvalue weighted by Crippen LogP contribution is -2.37. The van der Waals surface area contributed by atoms with E-state index in [0.717, 1.165) is 36.7 Å². The molecule has 0 saturated heterocycles. The van der Waals surface area contributed by atoms with Crippen molar-refractivity contribution in [3.63, 3.8) is 0 Å². The van der Waals surface area contributed by atoms with Crippen molar-refractivity contribution in [3.05, 3.63) is 42.2 Å². The maximum absolute atomic E-state index is 11.9. The van der Waals surface area contributed by atoms with Crippen LogP contribution < -0.4 is 5.32 Å². The molecule has 1 aliphatic rings. The number of benzene rings is 1. The van der Waals surface area contributed by atoms with Gasteiger partial charge in [0.1, 0.15) is 11.3 Å². The van der Waals surface area contributed by atoms with Gasteiger partial charge in [0.25, 0.3) is 0 Å². The standard InChI is InChI=1S/C17H19NO3/c19-14-7-5-13(6-8-14)18-17(20)10-9-15-11-12-3-1-2-4-16(12)21-15/h1-4,9-11,13-14,19H,5-8H2,(H,18,20)/b10-9+. The number of rotatable bonds is 3. The zero-order chi connectivity index (χ0) is 14.7. The SMILES string of the molecule is O=C(/C=C/c1cc2ccccc2o1)NC1CCC(O)CC1. The fourth-order valence-corrected chi connectivity index (χ4v) is 2.71. The van der Waals surface area contributed by atoms with Crippen LogP contribution in [0.1, 0.15) is 31.4 Å². The summed E-state index contributed by atoms with van der Waals surface area (Å²) in [5, 5.41) is 13.4. The lowest BCUT2D eigenvalue weighted by Gasteiger charge is -2.25. The first kappa shape index (κ1) is 13.9. The molecule has 0 spiro atoms. The van der Waals surface area contributed by atoms with Gasteiger partial charge in [-0.15, -0.1) is 0 Å². The zero-order valence-electron chi connectivity index (χ0n) is 11.8. The summed E-state index contributed by atoms with van der Waals surface area (Å²) in [5.74, 6) is 0.558. The van der Waals surface area contributed by atoms with Gasteiger partial charge >= 0.3 is 0 Å². The van der Waals surface area contributed by atoms with Gasteiger partial charge in [0, 0.05) is 17.5 Å². The third kappa shape index (κ3) is 3.52. The van der Waals surface area contributed by atoms with Crippen LogP contribution in [0.3, 0.4) is 0 Å². The molecule has 0 aliphatic heterocycles. The Morgan fingerprint density at radius 2 is 2.00 bits per heavy atom. The van der Waals surface area contributed by atoms with Crippen molar-refractivity contribution >= 4 is 23.0 Å². The quantitative estimate of drug-likeness (QED) is 0.852. The van der Waals surface area contributed by atoms with Crippen LogP contribution >= 0.6 is 0 Å². The normalized spacial score (nSPS) is 22.7. The lowest BCUT2D eigenvalue weighted by atomic mass is 9.93. The molecule has 110 valence electrons. The van der Waals surface area contributed by atoms with Crippen molar-refractivity contribution in [1.82, 2.24) is 5.32 Å². The van der Waals surface area contributed by atoms with Crippen LogP contribution in [0.4, 0.5) is 0 Å². The van der Waals surface area contributed by atoms with Crippen molar-refractivity contribution in [2.45, 2.75) is 37.8 Å². The van der Waals surface area contributed by atoms with Gasteiger partial charge < -0.3 is 14.8 Å². The van der Waals surface area contributed by atoms with E-state index >= 15 is 0 Å². The smallest absolute Gasteiger partial charge is 0.244 e. The van der Waals surface area contributed by atoms with E-state index in [9.17, 15) is 9.90 Å².